The Morgan fingerprint density at radius 3 is 2.53 bits per heavy atom. The van der Waals surface area contributed by atoms with Crippen molar-refractivity contribution in [1.82, 2.24) is 0 Å². The van der Waals surface area contributed by atoms with Crippen LogP contribution in [0, 0.1) is 13.8 Å². The summed E-state index contributed by atoms with van der Waals surface area (Å²) in [4.78, 5) is 11.9. The normalized spacial score (nSPS) is 10.6. The fraction of sp³-hybridized carbons (Fsp3) is 0.118. The van der Waals surface area contributed by atoms with Crippen LogP contribution < -0.4 is 5.32 Å². The van der Waals surface area contributed by atoms with Crippen molar-refractivity contribution in [3.05, 3.63) is 77.5 Å². The molecule has 0 saturated carbocycles. The van der Waals surface area contributed by atoms with Gasteiger partial charge in [0.1, 0.15) is 0 Å². The lowest BCUT2D eigenvalue weighted by molar-refractivity contribution is 0.104. The van der Waals surface area contributed by atoms with E-state index in [4.69, 9.17) is 0 Å². The number of carbonyl (C=O) groups is 1. The Bertz CT molecular complexity index is 600. The Kier molecular flexibility index (Phi) is 4.14. The van der Waals surface area contributed by atoms with Crippen LogP contribution in [0.15, 0.2) is 60.8 Å². The van der Waals surface area contributed by atoms with Crippen LogP contribution >= 0.6 is 0 Å². The smallest absolute Gasteiger partial charge is 0.187 e. The molecule has 2 nitrogen and oxygen atoms in total. The Labute approximate surface area is 113 Å². The Morgan fingerprint density at radius 1 is 1.05 bits per heavy atom. The van der Waals surface area contributed by atoms with E-state index in [1.165, 1.54) is 5.56 Å². The summed E-state index contributed by atoms with van der Waals surface area (Å²) in [6.45, 7) is 4.08. The van der Waals surface area contributed by atoms with E-state index in [9.17, 15) is 4.79 Å². The van der Waals surface area contributed by atoms with E-state index in [1.807, 2.05) is 44.2 Å². The summed E-state index contributed by atoms with van der Waals surface area (Å²) in [6, 6.07) is 15.4. The third kappa shape index (κ3) is 3.55. The molecule has 1 N–H and O–H groups in total. The molecule has 0 aliphatic heterocycles. The van der Waals surface area contributed by atoms with E-state index in [2.05, 4.69) is 23.5 Å². The molecule has 0 aromatic heterocycles. The molecule has 0 radical (unpaired) electrons. The van der Waals surface area contributed by atoms with Crippen molar-refractivity contribution in [3.8, 4) is 0 Å². The Hall–Kier alpha value is -2.35. The van der Waals surface area contributed by atoms with Gasteiger partial charge in [-0.1, -0.05) is 42.5 Å². The minimum absolute atomic E-state index is 0.00148. The fourth-order valence-electron chi connectivity index (χ4n) is 1.80. The number of allylic oxidation sites excluding steroid dienone is 1. The maximum absolute atomic E-state index is 11.9. The first-order valence-corrected chi connectivity index (χ1v) is 6.26. The minimum Gasteiger partial charge on any atom is -0.361 e. The highest BCUT2D eigenvalue weighted by atomic mass is 16.1. The van der Waals surface area contributed by atoms with Crippen LogP contribution in [0.1, 0.15) is 21.5 Å². The van der Waals surface area contributed by atoms with Gasteiger partial charge in [0.2, 0.25) is 0 Å². The molecule has 19 heavy (non-hydrogen) atoms. The molecule has 0 spiro atoms. The zero-order valence-corrected chi connectivity index (χ0v) is 11.2. The first-order valence-electron chi connectivity index (χ1n) is 6.26. The van der Waals surface area contributed by atoms with Crippen molar-refractivity contribution < 1.29 is 4.79 Å². The number of hydrogen-bond acceptors (Lipinski definition) is 2. The zero-order valence-electron chi connectivity index (χ0n) is 11.2. The Balaban J connectivity index is 2.04. The van der Waals surface area contributed by atoms with Crippen LogP contribution in [0.2, 0.25) is 0 Å². The number of carbonyl (C=O) groups excluding carboxylic acids is 1. The molecule has 0 aliphatic rings. The lowest BCUT2D eigenvalue weighted by Gasteiger charge is -2.06. The number of anilines is 1. The summed E-state index contributed by atoms with van der Waals surface area (Å²) >= 11 is 0. The molecule has 2 heteroatoms. The summed E-state index contributed by atoms with van der Waals surface area (Å²) in [7, 11) is 0. The van der Waals surface area contributed by atoms with Crippen molar-refractivity contribution >= 4 is 11.5 Å². The van der Waals surface area contributed by atoms with Crippen LogP contribution in [-0.4, -0.2) is 5.78 Å². The van der Waals surface area contributed by atoms with Crippen LogP contribution in [0.5, 0.6) is 0 Å². The van der Waals surface area contributed by atoms with Gasteiger partial charge >= 0.3 is 0 Å². The highest BCUT2D eigenvalue weighted by molar-refractivity contribution is 6.04. The van der Waals surface area contributed by atoms with Crippen LogP contribution in [0.3, 0.4) is 0 Å². The molecular formula is C17H17NO. The van der Waals surface area contributed by atoms with Gasteiger partial charge in [0, 0.05) is 23.5 Å². The van der Waals surface area contributed by atoms with Gasteiger partial charge in [-0.15, -0.1) is 0 Å². The average molecular weight is 251 g/mol. The van der Waals surface area contributed by atoms with E-state index < -0.39 is 0 Å². The summed E-state index contributed by atoms with van der Waals surface area (Å²) in [5.41, 5.74) is 4.07. The summed E-state index contributed by atoms with van der Waals surface area (Å²) < 4.78 is 0. The minimum atomic E-state index is -0.00148. The van der Waals surface area contributed by atoms with E-state index in [-0.39, 0.29) is 5.78 Å². The largest absolute Gasteiger partial charge is 0.361 e. The molecule has 0 fully saturated rings. The average Bonchev–Trinajstić information content (AvgIpc) is 2.43. The molecule has 2 aromatic rings. The van der Waals surface area contributed by atoms with Gasteiger partial charge < -0.3 is 5.32 Å². The lowest BCUT2D eigenvalue weighted by Crippen LogP contribution is -1.97. The quantitative estimate of drug-likeness (QED) is 0.654. The van der Waals surface area contributed by atoms with Crippen molar-refractivity contribution in [2.75, 3.05) is 5.32 Å². The molecule has 0 unspecified atom stereocenters. The molecule has 96 valence electrons. The van der Waals surface area contributed by atoms with Crippen LogP contribution in [0.4, 0.5) is 5.69 Å². The predicted molar refractivity (Wildman–Crippen MR) is 79.5 cm³/mol. The molecule has 0 saturated heterocycles. The van der Waals surface area contributed by atoms with E-state index in [0.29, 0.717) is 5.56 Å². The van der Waals surface area contributed by atoms with Gasteiger partial charge in [-0.3, -0.25) is 4.79 Å². The topological polar surface area (TPSA) is 29.1 Å². The van der Waals surface area contributed by atoms with Crippen molar-refractivity contribution in [3.63, 3.8) is 0 Å². The molecular weight excluding hydrogens is 234 g/mol. The van der Waals surface area contributed by atoms with Gasteiger partial charge in [-0.05, 0) is 31.0 Å². The summed E-state index contributed by atoms with van der Waals surface area (Å²) in [6.07, 6.45) is 3.24. The van der Waals surface area contributed by atoms with Crippen LogP contribution in [0.25, 0.3) is 0 Å². The highest BCUT2D eigenvalue weighted by Gasteiger charge is 1.99. The maximum Gasteiger partial charge on any atom is 0.187 e. The number of benzene rings is 2. The lowest BCUT2D eigenvalue weighted by atomic mass is 10.1. The number of hydrogen-bond donors (Lipinski definition) is 1. The number of nitrogens with one attached hydrogen (secondary N) is 1. The van der Waals surface area contributed by atoms with Gasteiger partial charge in [-0.25, -0.2) is 0 Å². The second-order valence-electron chi connectivity index (χ2n) is 4.53. The van der Waals surface area contributed by atoms with E-state index in [0.717, 1.165) is 11.3 Å². The predicted octanol–water partition coefficient (Wildman–Crippen LogP) is 4.11. The molecule has 0 bridgehead atoms. The Morgan fingerprint density at radius 2 is 1.79 bits per heavy atom. The molecule has 0 amide bonds. The van der Waals surface area contributed by atoms with E-state index in [1.54, 1.807) is 12.3 Å². The molecule has 0 atom stereocenters. The summed E-state index contributed by atoms with van der Waals surface area (Å²) in [5, 5.41) is 3.15. The standard InChI is InChI=1S/C17H17NO/c1-13-8-9-14(2)16(12-13)18-11-10-17(19)15-6-4-3-5-7-15/h3-12,18H,1-2H3/b11-10+. The van der Waals surface area contributed by atoms with Crippen molar-refractivity contribution in [2.45, 2.75) is 13.8 Å². The second-order valence-corrected chi connectivity index (χ2v) is 4.53. The van der Waals surface area contributed by atoms with Crippen LogP contribution in [-0.2, 0) is 0 Å². The van der Waals surface area contributed by atoms with E-state index >= 15 is 0 Å². The van der Waals surface area contributed by atoms with Crippen molar-refractivity contribution in [2.24, 2.45) is 0 Å². The first kappa shape index (κ1) is 13.1. The number of aryl methyl sites for hydroxylation is 2. The molecule has 0 aliphatic carbocycles. The fourth-order valence-corrected chi connectivity index (χ4v) is 1.80. The molecule has 0 heterocycles. The highest BCUT2D eigenvalue weighted by Crippen LogP contribution is 2.16. The monoisotopic (exact) mass is 251 g/mol. The van der Waals surface area contributed by atoms with Gasteiger partial charge in [0.05, 0.1) is 0 Å². The maximum atomic E-state index is 11.9. The number of rotatable bonds is 4. The third-order valence-corrected chi connectivity index (χ3v) is 2.92. The number of ketones is 1. The summed E-state index contributed by atoms with van der Waals surface area (Å²) in [5.74, 6) is -0.00148. The van der Waals surface area contributed by atoms with Gasteiger partial charge in [0.25, 0.3) is 0 Å². The van der Waals surface area contributed by atoms with Gasteiger partial charge in [-0.2, -0.15) is 0 Å². The van der Waals surface area contributed by atoms with Gasteiger partial charge in [0.15, 0.2) is 5.78 Å². The second kappa shape index (κ2) is 6.01. The van der Waals surface area contributed by atoms with Crippen molar-refractivity contribution in [1.29, 1.82) is 0 Å². The zero-order chi connectivity index (χ0) is 13.7. The molecule has 2 aromatic carbocycles. The SMILES string of the molecule is Cc1ccc(C)c(N/C=C/C(=O)c2ccccc2)c1. The first-order chi connectivity index (χ1) is 9.16. The third-order valence-electron chi connectivity index (χ3n) is 2.92. The molecule has 2 rings (SSSR count).